The fourth-order valence-electron chi connectivity index (χ4n) is 3.28. The highest BCUT2D eigenvalue weighted by Gasteiger charge is 2.36. The lowest BCUT2D eigenvalue weighted by molar-refractivity contribution is -0.129. The maximum Gasteiger partial charge on any atom is 0.147 e. The Hall–Kier alpha value is -1.57. The van der Waals surface area contributed by atoms with Crippen LogP contribution in [0, 0.1) is 11.8 Å². The van der Waals surface area contributed by atoms with Gasteiger partial charge in [0.2, 0.25) is 0 Å². The van der Waals surface area contributed by atoms with Crippen LogP contribution >= 0.6 is 0 Å². The number of allylic oxidation sites excluding steroid dienone is 1. The number of hydrogen-bond donors (Lipinski definition) is 0. The molecule has 120 valence electrons. The average Bonchev–Trinajstić information content (AvgIpc) is 2.49. The highest BCUT2D eigenvalue weighted by atomic mass is 16.1. The summed E-state index contributed by atoms with van der Waals surface area (Å²) in [6.45, 7) is 12.4. The number of hydrogen-bond acceptors (Lipinski definition) is 2. The van der Waals surface area contributed by atoms with Gasteiger partial charge in [-0.05, 0) is 36.1 Å². The van der Waals surface area contributed by atoms with Crippen LogP contribution in [0.15, 0.2) is 36.5 Å². The van der Waals surface area contributed by atoms with Crippen LogP contribution in [0.2, 0.25) is 0 Å². The average molecular weight is 299 g/mol. The molecule has 2 nitrogen and oxygen atoms in total. The van der Waals surface area contributed by atoms with Crippen LogP contribution in [0.3, 0.4) is 0 Å². The Morgan fingerprint density at radius 2 is 1.91 bits per heavy atom. The summed E-state index contributed by atoms with van der Waals surface area (Å²) in [6, 6.07) is 8.59. The van der Waals surface area contributed by atoms with E-state index in [1.165, 1.54) is 11.1 Å². The van der Waals surface area contributed by atoms with Crippen LogP contribution in [0.5, 0.6) is 0 Å². The van der Waals surface area contributed by atoms with Crippen molar-refractivity contribution in [3.63, 3.8) is 0 Å². The van der Waals surface area contributed by atoms with Crippen molar-refractivity contribution < 1.29 is 4.79 Å². The van der Waals surface area contributed by atoms with Gasteiger partial charge in [-0.3, -0.25) is 4.79 Å². The molecular formula is C20H29NO. The van der Waals surface area contributed by atoms with Gasteiger partial charge in [0.05, 0.1) is 5.92 Å². The lowest BCUT2D eigenvalue weighted by Gasteiger charge is -2.38. The molecule has 0 bridgehead atoms. The van der Waals surface area contributed by atoms with Crippen molar-refractivity contribution in [2.24, 2.45) is 11.8 Å². The molecule has 1 heterocycles. The van der Waals surface area contributed by atoms with Crippen molar-refractivity contribution in [1.29, 1.82) is 0 Å². The standard InChI is InChI=1S/C20H29NO/c1-6-10-21-12-18(15(4)5)20(22)19(13-21)17-9-7-8-16(11-17)14(2)3/h6-11,14-15,18-19H,12-13H2,1-5H3. The smallest absolute Gasteiger partial charge is 0.147 e. The van der Waals surface area contributed by atoms with E-state index in [0.717, 1.165) is 13.1 Å². The summed E-state index contributed by atoms with van der Waals surface area (Å²) >= 11 is 0. The molecule has 2 heteroatoms. The fourth-order valence-corrected chi connectivity index (χ4v) is 3.28. The monoisotopic (exact) mass is 299 g/mol. The Kier molecular flexibility index (Phi) is 5.44. The first-order valence-electron chi connectivity index (χ1n) is 8.44. The summed E-state index contributed by atoms with van der Waals surface area (Å²) in [6.07, 6.45) is 4.19. The van der Waals surface area contributed by atoms with E-state index in [1.807, 2.05) is 6.92 Å². The molecule has 1 aliphatic rings. The Bertz CT molecular complexity index is 544. The van der Waals surface area contributed by atoms with Crippen LogP contribution < -0.4 is 0 Å². The van der Waals surface area contributed by atoms with Gasteiger partial charge in [0.25, 0.3) is 0 Å². The van der Waals surface area contributed by atoms with Crippen molar-refractivity contribution in [2.75, 3.05) is 13.1 Å². The highest BCUT2D eigenvalue weighted by Crippen LogP contribution is 2.32. The van der Waals surface area contributed by atoms with Gasteiger partial charge in [0, 0.05) is 19.0 Å². The second-order valence-corrected chi connectivity index (χ2v) is 7.07. The van der Waals surface area contributed by atoms with Gasteiger partial charge < -0.3 is 4.90 Å². The van der Waals surface area contributed by atoms with Crippen LogP contribution in [-0.4, -0.2) is 23.8 Å². The van der Waals surface area contributed by atoms with Gasteiger partial charge >= 0.3 is 0 Å². The second kappa shape index (κ2) is 7.13. The Balaban J connectivity index is 2.34. The third-order valence-corrected chi connectivity index (χ3v) is 4.70. The molecule has 0 spiro atoms. The molecule has 0 radical (unpaired) electrons. The third-order valence-electron chi connectivity index (χ3n) is 4.70. The van der Waals surface area contributed by atoms with Crippen LogP contribution in [0.25, 0.3) is 0 Å². The van der Waals surface area contributed by atoms with Gasteiger partial charge in [-0.2, -0.15) is 0 Å². The fraction of sp³-hybridized carbons (Fsp3) is 0.550. The first-order chi connectivity index (χ1) is 10.4. The molecule has 0 aliphatic carbocycles. The van der Waals surface area contributed by atoms with E-state index >= 15 is 0 Å². The van der Waals surface area contributed by atoms with Gasteiger partial charge in [-0.1, -0.05) is 58.0 Å². The van der Waals surface area contributed by atoms with Crippen LogP contribution in [-0.2, 0) is 4.79 Å². The van der Waals surface area contributed by atoms with E-state index < -0.39 is 0 Å². The minimum absolute atomic E-state index is 0.00366. The molecule has 2 rings (SSSR count). The van der Waals surface area contributed by atoms with E-state index in [1.54, 1.807) is 0 Å². The zero-order valence-electron chi connectivity index (χ0n) is 14.5. The quantitative estimate of drug-likeness (QED) is 0.811. The number of rotatable bonds is 4. The number of Topliss-reactive ketones (excluding diaryl/α,β-unsaturated/α-hetero) is 1. The number of nitrogens with zero attached hydrogens (tertiary/aromatic N) is 1. The van der Waals surface area contributed by atoms with Crippen molar-refractivity contribution in [1.82, 2.24) is 4.90 Å². The largest absolute Gasteiger partial charge is 0.376 e. The minimum atomic E-state index is -0.00366. The number of benzene rings is 1. The van der Waals surface area contributed by atoms with Crippen molar-refractivity contribution in [3.05, 3.63) is 47.7 Å². The summed E-state index contributed by atoms with van der Waals surface area (Å²) in [7, 11) is 0. The Morgan fingerprint density at radius 3 is 2.50 bits per heavy atom. The molecule has 0 amide bonds. The van der Waals surface area contributed by atoms with Gasteiger partial charge in [0.1, 0.15) is 5.78 Å². The van der Waals surface area contributed by atoms with Crippen molar-refractivity contribution in [2.45, 2.75) is 46.5 Å². The molecule has 1 aromatic carbocycles. The zero-order valence-corrected chi connectivity index (χ0v) is 14.5. The molecule has 1 fully saturated rings. The second-order valence-electron chi connectivity index (χ2n) is 7.07. The van der Waals surface area contributed by atoms with E-state index in [2.05, 4.69) is 69.1 Å². The summed E-state index contributed by atoms with van der Waals surface area (Å²) in [5.74, 6) is 1.41. The first-order valence-corrected chi connectivity index (χ1v) is 8.44. The maximum absolute atomic E-state index is 12.9. The molecule has 2 unspecified atom stereocenters. The highest BCUT2D eigenvalue weighted by molar-refractivity contribution is 5.89. The molecule has 2 atom stereocenters. The van der Waals surface area contributed by atoms with E-state index in [0.29, 0.717) is 17.6 Å². The van der Waals surface area contributed by atoms with Crippen molar-refractivity contribution >= 4 is 5.78 Å². The SMILES string of the molecule is CC=CN1CC(c2cccc(C(C)C)c2)C(=O)C(C(C)C)C1. The van der Waals surface area contributed by atoms with Crippen LogP contribution in [0.1, 0.15) is 57.6 Å². The number of piperidine rings is 1. The van der Waals surface area contributed by atoms with Gasteiger partial charge in [-0.25, -0.2) is 0 Å². The molecule has 0 saturated carbocycles. The Morgan fingerprint density at radius 1 is 1.18 bits per heavy atom. The number of carbonyl (C=O) groups excluding carboxylic acids is 1. The summed E-state index contributed by atoms with van der Waals surface area (Å²) in [5.41, 5.74) is 2.49. The summed E-state index contributed by atoms with van der Waals surface area (Å²) < 4.78 is 0. The molecule has 0 N–H and O–H groups in total. The van der Waals surface area contributed by atoms with E-state index in [-0.39, 0.29) is 11.8 Å². The van der Waals surface area contributed by atoms with E-state index in [4.69, 9.17) is 0 Å². The summed E-state index contributed by atoms with van der Waals surface area (Å²) in [4.78, 5) is 15.3. The normalized spacial score (nSPS) is 23.0. The lowest BCUT2D eigenvalue weighted by atomic mass is 9.78. The van der Waals surface area contributed by atoms with Crippen LogP contribution in [0.4, 0.5) is 0 Å². The Labute approximate surface area is 135 Å². The van der Waals surface area contributed by atoms with Crippen molar-refractivity contribution in [3.8, 4) is 0 Å². The molecule has 22 heavy (non-hydrogen) atoms. The zero-order chi connectivity index (χ0) is 16.3. The number of ketones is 1. The first kappa shape index (κ1) is 16.8. The maximum atomic E-state index is 12.9. The molecule has 1 aromatic rings. The minimum Gasteiger partial charge on any atom is -0.376 e. The number of likely N-dealkylation sites (tertiary alicyclic amines) is 1. The third kappa shape index (κ3) is 3.60. The van der Waals surface area contributed by atoms with Gasteiger partial charge in [-0.15, -0.1) is 0 Å². The molecule has 1 saturated heterocycles. The number of carbonyl (C=O) groups is 1. The van der Waals surface area contributed by atoms with Gasteiger partial charge in [0.15, 0.2) is 0 Å². The topological polar surface area (TPSA) is 20.3 Å². The lowest BCUT2D eigenvalue weighted by Crippen LogP contribution is -2.45. The summed E-state index contributed by atoms with van der Waals surface area (Å²) in [5, 5.41) is 0. The van der Waals surface area contributed by atoms with E-state index in [9.17, 15) is 4.79 Å². The molecular weight excluding hydrogens is 270 g/mol. The predicted molar refractivity (Wildman–Crippen MR) is 93.0 cm³/mol. The molecule has 1 aliphatic heterocycles. The molecule has 0 aromatic heterocycles. The predicted octanol–water partition coefficient (Wildman–Crippen LogP) is 4.58.